The van der Waals surface area contributed by atoms with E-state index in [0.29, 0.717) is 0 Å². The highest BCUT2D eigenvalue weighted by atomic mass is 16.6. The largest absolute Gasteiger partial charge is 0.454 e. The van der Waals surface area contributed by atoms with Crippen molar-refractivity contribution in [2.24, 2.45) is 0 Å². The molecule has 39 heavy (non-hydrogen) atoms. The number of Topliss-reactive ketones (excluding diaryl/α,β-unsaturated/α-hetero) is 1. The zero-order valence-electron chi connectivity index (χ0n) is 21.2. The van der Waals surface area contributed by atoms with Crippen LogP contribution in [0.25, 0.3) is 11.1 Å². The zero-order valence-corrected chi connectivity index (χ0v) is 21.2. The van der Waals surface area contributed by atoms with Crippen LogP contribution in [0.2, 0.25) is 0 Å². The normalized spacial score (nSPS) is 20.7. The number of hydrogen-bond acceptors (Lipinski definition) is 6. The van der Waals surface area contributed by atoms with Crippen LogP contribution in [0.1, 0.15) is 57.2 Å². The van der Waals surface area contributed by atoms with Crippen LogP contribution in [0, 0.1) is 10.1 Å². The second kappa shape index (κ2) is 8.61. The maximum Gasteiger partial charge on any atom is 0.280 e. The van der Waals surface area contributed by atoms with Crippen molar-refractivity contribution in [1.29, 1.82) is 0 Å². The molecule has 8 heteroatoms. The molecule has 8 nitrogen and oxygen atoms in total. The highest BCUT2D eigenvalue weighted by molar-refractivity contribution is 6.15. The molecule has 2 N–H and O–H groups in total. The molecule has 1 heterocycles. The van der Waals surface area contributed by atoms with Gasteiger partial charge < -0.3 is 15.2 Å². The minimum atomic E-state index is -2.39. The van der Waals surface area contributed by atoms with Crippen LogP contribution in [0.15, 0.2) is 91.0 Å². The van der Waals surface area contributed by atoms with Crippen molar-refractivity contribution < 1.29 is 24.4 Å². The van der Waals surface area contributed by atoms with Gasteiger partial charge >= 0.3 is 0 Å². The second-order valence-corrected chi connectivity index (χ2v) is 10.1. The summed E-state index contributed by atoms with van der Waals surface area (Å²) in [6.45, 7) is 3.99. The first-order valence-corrected chi connectivity index (χ1v) is 12.5. The first kappa shape index (κ1) is 24.5. The number of nitro benzene ring substituents is 1. The summed E-state index contributed by atoms with van der Waals surface area (Å²) in [5, 5.41) is 26.7. The molecule has 0 saturated carbocycles. The first-order valence-electron chi connectivity index (χ1n) is 12.5. The van der Waals surface area contributed by atoms with Crippen LogP contribution in [-0.4, -0.2) is 21.7 Å². The van der Waals surface area contributed by atoms with Gasteiger partial charge in [0.05, 0.1) is 4.92 Å². The van der Waals surface area contributed by atoms with Gasteiger partial charge in [0.25, 0.3) is 17.4 Å². The van der Waals surface area contributed by atoms with Crippen molar-refractivity contribution in [2.45, 2.75) is 31.1 Å². The van der Waals surface area contributed by atoms with E-state index in [-0.39, 0.29) is 33.9 Å². The number of rotatable bonds is 5. The van der Waals surface area contributed by atoms with Gasteiger partial charge in [0, 0.05) is 22.8 Å². The molecule has 194 valence electrons. The van der Waals surface area contributed by atoms with Gasteiger partial charge in [-0.3, -0.25) is 19.7 Å². The third kappa shape index (κ3) is 3.42. The SMILES string of the molecule is CC(C)c1ccc2c(c1)OC1(O)c3cccc([N+](=O)[O-])c3C(=O)C21NC(=O)c1ccc(-c2ccccc2)cc1. The summed E-state index contributed by atoms with van der Waals surface area (Å²) in [7, 11) is 0. The summed E-state index contributed by atoms with van der Waals surface area (Å²) in [5.74, 6) is -3.47. The molecule has 0 radical (unpaired) electrons. The second-order valence-electron chi connectivity index (χ2n) is 10.1. The molecule has 2 unspecified atom stereocenters. The summed E-state index contributed by atoms with van der Waals surface area (Å²) in [5.41, 5.74) is 0.319. The molecule has 2 atom stereocenters. The van der Waals surface area contributed by atoms with Crippen LogP contribution in [-0.2, 0) is 11.3 Å². The van der Waals surface area contributed by atoms with Crippen molar-refractivity contribution in [3.05, 3.63) is 129 Å². The Labute approximate surface area is 224 Å². The van der Waals surface area contributed by atoms with E-state index in [9.17, 15) is 24.8 Å². The molecule has 6 rings (SSSR count). The topological polar surface area (TPSA) is 119 Å². The fourth-order valence-corrected chi connectivity index (χ4v) is 5.54. The third-order valence-corrected chi connectivity index (χ3v) is 7.57. The van der Waals surface area contributed by atoms with Gasteiger partial charge in [0.1, 0.15) is 11.3 Å². The maximum absolute atomic E-state index is 14.2. The average molecular weight is 521 g/mol. The predicted molar refractivity (Wildman–Crippen MR) is 144 cm³/mol. The van der Waals surface area contributed by atoms with Gasteiger partial charge in [-0.15, -0.1) is 0 Å². The number of aliphatic hydroxyl groups is 1. The number of carbonyl (C=O) groups excluding carboxylic acids is 2. The van der Waals surface area contributed by atoms with Crippen LogP contribution in [0.3, 0.4) is 0 Å². The summed E-state index contributed by atoms with van der Waals surface area (Å²) >= 11 is 0. The Morgan fingerprint density at radius 3 is 2.28 bits per heavy atom. The van der Waals surface area contributed by atoms with E-state index in [4.69, 9.17) is 4.74 Å². The number of amides is 1. The van der Waals surface area contributed by atoms with Crippen LogP contribution < -0.4 is 10.1 Å². The molecule has 2 aliphatic rings. The fraction of sp³-hybridized carbons (Fsp3) is 0.161. The molecular weight excluding hydrogens is 496 g/mol. The standard InChI is InChI=1S/C31H24N2O6/c1-18(2)22-15-16-23-26(17-22)39-31(36)24-9-6-10-25(33(37)38)27(24)28(34)30(23,31)32-29(35)21-13-11-20(12-14-21)19-7-4-3-5-8-19/h3-18,36H,1-2H3,(H,32,35). The zero-order chi connectivity index (χ0) is 27.5. The minimum Gasteiger partial charge on any atom is -0.454 e. The van der Waals surface area contributed by atoms with Crippen LogP contribution >= 0.6 is 0 Å². The molecule has 1 amide bonds. The average Bonchev–Trinajstić information content (AvgIpc) is 3.30. The summed E-state index contributed by atoms with van der Waals surface area (Å²) in [6.07, 6.45) is 0. The lowest BCUT2D eigenvalue weighted by atomic mass is 9.82. The molecule has 1 aliphatic heterocycles. The molecule has 4 aromatic rings. The summed E-state index contributed by atoms with van der Waals surface area (Å²) in [4.78, 5) is 39.0. The van der Waals surface area contributed by atoms with E-state index in [0.717, 1.165) is 16.7 Å². The Balaban J connectivity index is 1.48. The van der Waals surface area contributed by atoms with Gasteiger partial charge in [0.15, 0.2) is 0 Å². The Morgan fingerprint density at radius 2 is 1.62 bits per heavy atom. The van der Waals surface area contributed by atoms with Crippen LogP contribution in [0.4, 0.5) is 5.69 Å². The van der Waals surface area contributed by atoms with Gasteiger partial charge in [-0.1, -0.05) is 80.6 Å². The highest BCUT2D eigenvalue weighted by Gasteiger charge is 2.73. The number of nitro groups is 1. The number of fused-ring (bicyclic) bond motifs is 5. The Kier molecular flexibility index (Phi) is 5.41. The molecule has 4 aromatic carbocycles. The Hall–Kier alpha value is -4.82. The first-order chi connectivity index (χ1) is 18.7. The molecule has 1 aliphatic carbocycles. The maximum atomic E-state index is 14.2. The number of nitrogens with zero attached hydrogens (tertiary/aromatic N) is 1. The number of carbonyl (C=O) groups is 2. The Morgan fingerprint density at radius 1 is 0.923 bits per heavy atom. The van der Waals surface area contributed by atoms with Gasteiger partial charge in [-0.2, -0.15) is 0 Å². The lowest BCUT2D eigenvalue weighted by Gasteiger charge is -2.34. The van der Waals surface area contributed by atoms with Crippen molar-refractivity contribution in [1.82, 2.24) is 5.32 Å². The number of ketones is 1. The molecular formula is C31H24N2O6. The van der Waals surface area contributed by atoms with E-state index in [2.05, 4.69) is 5.32 Å². The summed E-state index contributed by atoms with van der Waals surface area (Å²) in [6, 6.07) is 25.6. The molecule has 0 spiro atoms. The van der Waals surface area contributed by atoms with Crippen molar-refractivity contribution in [3.8, 4) is 16.9 Å². The number of hydrogen-bond donors (Lipinski definition) is 2. The van der Waals surface area contributed by atoms with E-state index < -0.39 is 33.6 Å². The van der Waals surface area contributed by atoms with Gasteiger partial charge in [-0.25, -0.2) is 0 Å². The number of ether oxygens (including phenoxy) is 1. The van der Waals surface area contributed by atoms with Crippen LogP contribution in [0.5, 0.6) is 5.75 Å². The number of nitrogens with one attached hydrogen (secondary N) is 1. The van der Waals surface area contributed by atoms with E-state index in [1.807, 2.05) is 44.2 Å². The third-order valence-electron chi connectivity index (χ3n) is 7.57. The van der Waals surface area contributed by atoms with E-state index >= 15 is 0 Å². The van der Waals surface area contributed by atoms with Crippen molar-refractivity contribution in [2.75, 3.05) is 0 Å². The smallest absolute Gasteiger partial charge is 0.280 e. The molecule has 0 bridgehead atoms. The monoisotopic (exact) mass is 520 g/mol. The Bertz CT molecular complexity index is 1660. The van der Waals surface area contributed by atoms with E-state index in [1.165, 1.54) is 18.2 Å². The highest BCUT2D eigenvalue weighted by Crippen LogP contribution is 2.59. The lowest BCUT2D eigenvalue weighted by Crippen LogP contribution is -2.60. The van der Waals surface area contributed by atoms with Gasteiger partial charge in [0.2, 0.25) is 11.3 Å². The molecule has 0 aromatic heterocycles. The van der Waals surface area contributed by atoms with Crippen molar-refractivity contribution in [3.63, 3.8) is 0 Å². The predicted octanol–water partition coefficient (Wildman–Crippen LogP) is 5.44. The summed E-state index contributed by atoms with van der Waals surface area (Å²) < 4.78 is 6.06. The van der Waals surface area contributed by atoms with Crippen molar-refractivity contribution >= 4 is 17.4 Å². The van der Waals surface area contributed by atoms with E-state index in [1.54, 1.807) is 42.5 Å². The lowest BCUT2D eigenvalue weighted by molar-refractivity contribution is -0.385. The molecule has 0 fully saturated rings. The molecule has 0 saturated heterocycles. The van der Waals surface area contributed by atoms with Gasteiger partial charge in [-0.05, 0) is 40.8 Å². The fourth-order valence-electron chi connectivity index (χ4n) is 5.54. The quantitative estimate of drug-likeness (QED) is 0.267. The minimum absolute atomic E-state index is 0.0660. The number of benzene rings is 4.